The molecule has 0 amide bonds. The van der Waals surface area contributed by atoms with Gasteiger partial charge in [-0.3, -0.25) is 9.48 Å². The Labute approximate surface area is 98.6 Å². The standard InChI is InChI=1S/C10H8F4N2O2/c11-9(12)7-6-5(18)1-2-10(13,14)8(6)16(15-7)3-4-17/h4,9H,1-3H2. The van der Waals surface area contributed by atoms with Crippen molar-refractivity contribution in [2.75, 3.05) is 0 Å². The Bertz CT molecular complexity index is 510. The molecule has 0 aliphatic heterocycles. The number of ketones is 1. The molecular formula is C10H8F4N2O2. The number of rotatable bonds is 3. The van der Waals surface area contributed by atoms with Crippen LogP contribution < -0.4 is 0 Å². The van der Waals surface area contributed by atoms with Crippen molar-refractivity contribution >= 4 is 12.1 Å². The molecule has 1 aromatic rings. The van der Waals surface area contributed by atoms with E-state index in [9.17, 15) is 27.2 Å². The minimum absolute atomic E-state index is 0.262. The van der Waals surface area contributed by atoms with Gasteiger partial charge in [0, 0.05) is 12.8 Å². The van der Waals surface area contributed by atoms with Gasteiger partial charge >= 0.3 is 0 Å². The second kappa shape index (κ2) is 4.18. The van der Waals surface area contributed by atoms with Gasteiger partial charge in [0.2, 0.25) is 0 Å². The molecule has 0 N–H and O–H groups in total. The van der Waals surface area contributed by atoms with Gasteiger partial charge in [0.05, 0.1) is 12.1 Å². The minimum Gasteiger partial charge on any atom is -0.301 e. The topological polar surface area (TPSA) is 52.0 Å². The maximum atomic E-state index is 13.7. The number of aromatic nitrogens is 2. The molecule has 8 heteroatoms. The van der Waals surface area contributed by atoms with Gasteiger partial charge in [0.1, 0.15) is 17.7 Å². The van der Waals surface area contributed by atoms with Crippen molar-refractivity contribution in [3.63, 3.8) is 0 Å². The van der Waals surface area contributed by atoms with E-state index in [-0.39, 0.29) is 6.29 Å². The number of fused-ring (bicyclic) bond motifs is 1. The monoisotopic (exact) mass is 264 g/mol. The molecule has 1 aromatic heterocycles. The number of hydrogen-bond acceptors (Lipinski definition) is 3. The summed E-state index contributed by atoms with van der Waals surface area (Å²) >= 11 is 0. The Morgan fingerprint density at radius 1 is 1.44 bits per heavy atom. The van der Waals surface area contributed by atoms with E-state index in [0.717, 1.165) is 0 Å². The smallest absolute Gasteiger partial charge is 0.290 e. The molecule has 0 bridgehead atoms. The number of aldehydes is 1. The van der Waals surface area contributed by atoms with Crippen LogP contribution in [-0.2, 0) is 17.3 Å². The molecule has 2 rings (SSSR count). The van der Waals surface area contributed by atoms with E-state index >= 15 is 0 Å². The first-order chi connectivity index (χ1) is 8.38. The molecule has 4 nitrogen and oxygen atoms in total. The fraction of sp³-hybridized carbons (Fsp3) is 0.500. The number of halogens is 4. The van der Waals surface area contributed by atoms with Crippen LogP contribution in [0, 0.1) is 0 Å². The highest BCUT2D eigenvalue weighted by atomic mass is 19.3. The Hall–Kier alpha value is -1.73. The van der Waals surface area contributed by atoms with Crippen molar-refractivity contribution in [3.8, 4) is 0 Å². The highest BCUT2D eigenvalue weighted by Crippen LogP contribution is 2.42. The minimum atomic E-state index is -3.42. The second-order valence-electron chi connectivity index (χ2n) is 3.89. The van der Waals surface area contributed by atoms with Gasteiger partial charge in [-0.25, -0.2) is 8.78 Å². The maximum Gasteiger partial charge on any atom is 0.290 e. The van der Waals surface area contributed by atoms with Gasteiger partial charge in [0.15, 0.2) is 5.78 Å². The highest BCUT2D eigenvalue weighted by molar-refractivity contribution is 5.99. The summed E-state index contributed by atoms with van der Waals surface area (Å²) in [6, 6.07) is 0. The summed E-state index contributed by atoms with van der Waals surface area (Å²) in [5, 5.41) is 3.26. The van der Waals surface area contributed by atoms with E-state index in [1.165, 1.54) is 0 Å². The molecule has 0 aromatic carbocycles. The van der Waals surface area contributed by atoms with Crippen LogP contribution in [0.15, 0.2) is 0 Å². The predicted octanol–water partition coefficient (Wildman–Crippen LogP) is 2.09. The number of Topliss-reactive ketones (excluding diaryl/α,β-unsaturated/α-hetero) is 1. The zero-order valence-corrected chi connectivity index (χ0v) is 9.00. The molecule has 1 aliphatic carbocycles. The highest BCUT2D eigenvalue weighted by Gasteiger charge is 2.46. The predicted molar refractivity (Wildman–Crippen MR) is 50.7 cm³/mol. The van der Waals surface area contributed by atoms with Gasteiger partial charge in [-0.15, -0.1) is 0 Å². The Morgan fingerprint density at radius 3 is 2.67 bits per heavy atom. The fourth-order valence-corrected chi connectivity index (χ4v) is 2.00. The van der Waals surface area contributed by atoms with Gasteiger partial charge in [-0.2, -0.15) is 13.9 Å². The summed E-state index contributed by atoms with van der Waals surface area (Å²) < 4.78 is 53.1. The second-order valence-corrected chi connectivity index (χ2v) is 3.89. The molecule has 0 saturated heterocycles. The summed E-state index contributed by atoms with van der Waals surface area (Å²) in [6.07, 6.45) is -4.14. The van der Waals surface area contributed by atoms with Crippen molar-refractivity contribution in [3.05, 3.63) is 17.0 Å². The third-order valence-corrected chi connectivity index (χ3v) is 2.73. The molecule has 0 spiro atoms. The van der Waals surface area contributed by atoms with Crippen LogP contribution >= 0.6 is 0 Å². The van der Waals surface area contributed by atoms with Crippen molar-refractivity contribution in [2.45, 2.75) is 31.7 Å². The third kappa shape index (κ3) is 1.81. The fourth-order valence-electron chi connectivity index (χ4n) is 2.00. The van der Waals surface area contributed by atoms with Crippen molar-refractivity contribution in [1.82, 2.24) is 9.78 Å². The van der Waals surface area contributed by atoms with Gasteiger partial charge in [-0.1, -0.05) is 0 Å². The lowest BCUT2D eigenvalue weighted by Crippen LogP contribution is -2.28. The van der Waals surface area contributed by atoms with Crippen LogP contribution in [0.2, 0.25) is 0 Å². The molecule has 1 heterocycles. The number of alkyl halides is 4. The average molecular weight is 264 g/mol. The van der Waals surface area contributed by atoms with Crippen LogP contribution in [0.4, 0.5) is 17.6 Å². The summed E-state index contributed by atoms with van der Waals surface area (Å²) in [7, 11) is 0. The molecule has 0 atom stereocenters. The number of carbonyl (C=O) groups is 2. The van der Waals surface area contributed by atoms with Crippen LogP contribution in [0.1, 0.15) is 41.0 Å². The van der Waals surface area contributed by atoms with E-state index in [4.69, 9.17) is 0 Å². The first-order valence-electron chi connectivity index (χ1n) is 5.12. The lowest BCUT2D eigenvalue weighted by atomic mass is 9.91. The summed E-state index contributed by atoms with van der Waals surface area (Å²) in [5.74, 6) is -4.21. The molecule has 0 fully saturated rings. The molecule has 0 radical (unpaired) electrons. The lowest BCUT2D eigenvalue weighted by molar-refractivity contribution is -0.108. The van der Waals surface area contributed by atoms with Crippen molar-refractivity contribution in [2.24, 2.45) is 0 Å². The largest absolute Gasteiger partial charge is 0.301 e. The Kier molecular flexibility index (Phi) is 2.95. The molecule has 0 saturated carbocycles. The molecule has 98 valence electrons. The summed E-state index contributed by atoms with van der Waals surface area (Å²) in [6.45, 7) is -0.585. The van der Waals surface area contributed by atoms with E-state index in [2.05, 4.69) is 5.10 Å². The quantitative estimate of drug-likeness (QED) is 0.620. The maximum absolute atomic E-state index is 13.7. The van der Waals surface area contributed by atoms with Crippen LogP contribution in [0.5, 0.6) is 0 Å². The lowest BCUT2D eigenvalue weighted by Gasteiger charge is -2.22. The first-order valence-corrected chi connectivity index (χ1v) is 5.12. The number of nitrogens with zero attached hydrogens (tertiary/aromatic N) is 2. The third-order valence-electron chi connectivity index (χ3n) is 2.73. The molecular weight excluding hydrogens is 256 g/mol. The normalized spacial score (nSPS) is 17.9. The molecule has 18 heavy (non-hydrogen) atoms. The van der Waals surface area contributed by atoms with E-state index < -0.39 is 54.5 Å². The van der Waals surface area contributed by atoms with Crippen molar-refractivity contribution < 1.29 is 27.2 Å². The van der Waals surface area contributed by atoms with Crippen LogP contribution in [0.3, 0.4) is 0 Å². The van der Waals surface area contributed by atoms with E-state index in [1.807, 2.05) is 0 Å². The summed E-state index contributed by atoms with van der Waals surface area (Å²) in [4.78, 5) is 21.9. The first kappa shape index (κ1) is 12.7. The van der Waals surface area contributed by atoms with E-state index in [1.54, 1.807) is 0 Å². The summed E-state index contributed by atoms with van der Waals surface area (Å²) in [5.41, 5.74) is -2.58. The number of carbonyl (C=O) groups excluding carboxylic acids is 2. The van der Waals surface area contributed by atoms with E-state index in [0.29, 0.717) is 4.68 Å². The van der Waals surface area contributed by atoms with Gasteiger partial charge < -0.3 is 4.79 Å². The molecule has 1 aliphatic rings. The average Bonchev–Trinajstić information content (AvgIpc) is 2.66. The van der Waals surface area contributed by atoms with Crippen LogP contribution in [0.25, 0.3) is 0 Å². The van der Waals surface area contributed by atoms with Crippen molar-refractivity contribution in [1.29, 1.82) is 0 Å². The Morgan fingerprint density at radius 2 is 2.11 bits per heavy atom. The Balaban J connectivity index is 2.69. The zero-order chi connectivity index (χ0) is 13.5. The SMILES string of the molecule is O=CCn1nc(C(F)F)c2c1C(F)(F)CCC2=O. The van der Waals surface area contributed by atoms with Gasteiger partial charge in [-0.05, 0) is 0 Å². The zero-order valence-electron chi connectivity index (χ0n) is 9.00. The molecule has 0 unspecified atom stereocenters. The van der Waals surface area contributed by atoms with Gasteiger partial charge in [0.25, 0.3) is 12.3 Å². The number of hydrogen-bond donors (Lipinski definition) is 0. The van der Waals surface area contributed by atoms with Crippen LogP contribution in [-0.4, -0.2) is 21.8 Å².